The summed E-state index contributed by atoms with van der Waals surface area (Å²) in [5.74, 6) is 0.259. The van der Waals surface area contributed by atoms with Crippen LogP contribution in [0.15, 0.2) is 46.0 Å². The number of hydrogen-bond acceptors (Lipinski definition) is 6. The SMILES string of the molecule is COC(=O)c1ccc2c(c1)sc(=NC(=O)c1ccco1)n2CCSC. The highest BCUT2D eigenvalue weighted by Gasteiger charge is 2.13. The van der Waals surface area contributed by atoms with Gasteiger partial charge in [0.1, 0.15) is 0 Å². The lowest BCUT2D eigenvalue weighted by Gasteiger charge is -2.04. The van der Waals surface area contributed by atoms with Crippen molar-refractivity contribution in [1.29, 1.82) is 0 Å². The summed E-state index contributed by atoms with van der Waals surface area (Å²) in [4.78, 5) is 28.8. The highest BCUT2D eigenvalue weighted by Crippen LogP contribution is 2.20. The molecular formula is C17H16N2O4S2. The summed E-state index contributed by atoms with van der Waals surface area (Å²) in [6.07, 6.45) is 3.47. The van der Waals surface area contributed by atoms with Crippen molar-refractivity contribution in [2.24, 2.45) is 4.99 Å². The number of aromatic nitrogens is 1. The van der Waals surface area contributed by atoms with Gasteiger partial charge in [-0.05, 0) is 36.6 Å². The van der Waals surface area contributed by atoms with Gasteiger partial charge in [-0.25, -0.2) is 4.79 Å². The number of aryl methyl sites for hydroxylation is 1. The number of benzene rings is 1. The maximum absolute atomic E-state index is 12.3. The Labute approximate surface area is 152 Å². The number of ether oxygens (including phenoxy) is 1. The van der Waals surface area contributed by atoms with Crippen LogP contribution in [0.1, 0.15) is 20.9 Å². The molecule has 25 heavy (non-hydrogen) atoms. The molecule has 0 atom stereocenters. The zero-order chi connectivity index (χ0) is 17.8. The predicted molar refractivity (Wildman–Crippen MR) is 98.1 cm³/mol. The summed E-state index contributed by atoms with van der Waals surface area (Å²) in [6.45, 7) is 0.711. The number of rotatable bonds is 5. The Morgan fingerprint density at radius 2 is 2.20 bits per heavy atom. The lowest BCUT2D eigenvalue weighted by atomic mass is 10.2. The molecule has 1 amide bonds. The summed E-state index contributed by atoms with van der Waals surface area (Å²) in [7, 11) is 1.35. The van der Waals surface area contributed by atoms with Crippen molar-refractivity contribution in [3.05, 3.63) is 52.7 Å². The molecule has 3 aromatic rings. The van der Waals surface area contributed by atoms with E-state index in [1.165, 1.54) is 24.7 Å². The fourth-order valence-electron chi connectivity index (χ4n) is 2.34. The van der Waals surface area contributed by atoms with Gasteiger partial charge in [-0.3, -0.25) is 4.79 Å². The van der Waals surface area contributed by atoms with E-state index >= 15 is 0 Å². The van der Waals surface area contributed by atoms with Crippen molar-refractivity contribution in [3.8, 4) is 0 Å². The van der Waals surface area contributed by atoms with Gasteiger partial charge in [-0.2, -0.15) is 16.8 Å². The minimum atomic E-state index is -0.428. The molecule has 0 saturated heterocycles. The molecule has 0 aliphatic rings. The van der Waals surface area contributed by atoms with E-state index in [2.05, 4.69) is 4.99 Å². The van der Waals surface area contributed by atoms with E-state index in [1.54, 1.807) is 36.0 Å². The molecule has 130 valence electrons. The molecule has 0 aliphatic carbocycles. The van der Waals surface area contributed by atoms with Gasteiger partial charge < -0.3 is 13.7 Å². The Morgan fingerprint density at radius 1 is 1.36 bits per heavy atom. The number of carbonyl (C=O) groups is 2. The summed E-state index contributed by atoms with van der Waals surface area (Å²) in [5.41, 5.74) is 1.40. The topological polar surface area (TPSA) is 73.8 Å². The van der Waals surface area contributed by atoms with E-state index in [0.29, 0.717) is 16.9 Å². The smallest absolute Gasteiger partial charge is 0.337 e. The summed E-state index contributed by atoms with van der Waals surface area (Å²) >= 11 is 3.07. The standard InChI is InChI=1S/C17H16N2O4S2/c1-22-16(21)11-5-6-12-14(10-11)25-17(19(12)7-9-24-2)18-15(20)13-4-3-8-23-13/h3-6,8,10H,7,9H2,1-2H3. The van der Waals surface area contributed by atoms with Crippen LogP contribution in [0.3, 0.4) is 0 Å². The first-order valence-electron chi connectivity index (χ1n) is 7.47. The van der Waals surface area contributed by atoms with Gasteiger partial charge in [0.2, 0.25) is 0 Å². The van der Waals surface area contributed by atoms with Crippen LogP contribution < -0.4 is 4.80 Å². The van der Waals surface area contributed by atoms with Crippen LogP contribution >= 0.6 is 23.1 Å². The maximum Gasteiger partial charge on any atom is 0.337 e. The minimum Gasteiger partial charge on any atom is -0.465 e. The van der Waals surface area contributed by atoms with Crippen molar-refractivity contribution < 1.29 is 18.7 Å². The van der Waals surface area contributed by atoms with Crippen LogP contribution in [0.5, 0.6) is 0 Å². The molecule has 0 unspecified atom stereocenters. The number of esters is 1. The molecule has 0 spiro atoms. The van der Waals surface area contributed by atoms with E-state index in [-0.39, 0.29) is 5.76 Å². The fourth-order valence-corrected chi connectivity index (χ4v) is 3.80. The second-order valence-corrected chi connectivity index (χ2v) is 7.09. The first-order valence-corrected chi connectivity index (χ1v) is 9.68. The maximum atomic E-state index is 12.3. The number of carbonyl (C=O) groups excluding carboxylic acids is 2. The van der Waals surface area contributed by atoms with Crippen LogP contribution in [-0.4, -0.2) is 35.6 Å². The third kappa shape index (κ3) is 3.69. The first-order chi connectivity index (χ1) is 12.1. The molecule has 0 aliphatic heterocycles. The van der Waals surface area contributed by atoms with Crippen LogP contribution in [0.2, 0.25) is 0 Å². The average molecular weight is 376 g/mol. The fraction of sp³-hybridized carbons (Fsp3) is 0.235. The Hall–Kier alpha value is -2.32. The molecular weight excluding hydrogens is 360 g/mol. The normalized spacial score (nSPS) is 11.8. The van der Waals surface area contributed by atoms with Gasteiger partial charge in [-0.15, -0.1) is 0 Å². The molecule has 0 bridgehead atoms. The summed E-state index contributed by atoms with van der Waals surface area (Å²) in [5, 5.41) is 0. The number of thioether (sulfide) groups is 1. The molecule has 2 aromatic heterocycles. The van der Waals surface area contributed by atoms with E-state index in [0.717, 1.165) is 16.0 Å². The molecule has 8 heteroatoms. The van der Waals surface area contributed by atoms with Gasteiger partial charge >= 0.3 is 11.9 Å². The molecule has 1 aromatic carbocycles. The van der Waals surface area contributed by atoms with Gasteiger partial charge in [0.05, 0.1) is 29.2 Å². The van der Waals surface area contributed by atoms with Crippen LogP contribution in [0.4, 0.5) is 0 Å². The van der Waals surface area contributed by atoms with Crippen molar-refractivity contribution in [2.75, 3.05) is 19.1 Å². The van der Waals surface area contributed by atoms with E-state index < -0.39 is 11.9 Å². The monoisotopic (exact) mass is 376 g/mol. The highest BCUT2D eigenvalue weighted by molar-refractivity contribution is 7.98. The van der Waals surface area contributed by atoms with Gasteiger partial charge in [0, 0.05) is 12.3 Å². The van der Waals surface area contributed by atoms with Gasteiger partial charge in [0.15, 0.2) is 10.6 Å². The number of fused-ring (bicyclic) bond motifs is 1. The molecule has 6 nitrogen and oxygen atoms in total. The quantitative estimate of drug-likeness (QED) is 0.640. The number of nitrogens with zero attached hydrogens (tertiary/aromatic N) is 2. The largest absolute Gasteiger partial charge is 0.465 e. The van der Waals surface area contributed by atoms with Crippen LogP contribution in [0, 0.1) is 0 Å². The van der Waals surface area contributed by atoms with Crippen molar-refractivity contribution >= 4 is 45.2 Å². The third-order valence-electron chi connectivity index (χ3n) is 3.55. The second kappa shape index (κ2) is 7.71. The second-order valence-electron chi connectivity index (χ2n) is 5.10. The van der Waals surface area contributed by atoms with E-state index in [1.807, 2.05) is 16.9 Å². The number of hydrogen-bond donors (Lipinski definition) is 0. The van der Waals surface area contributed by atoms with E-state index in [9.17, 15) is 9.59 Å². The highest BCUT2D eigenvalue weighted by atomic mass is 32.2. The van der Waals surface area contributed by atoms with Crippen molar-refractivity contribution in [2.45, 2.75) is 6.54 Å². The third-order valence-corrected chi connectivity index (χ3v) is 5.18. The number of thiazole rings is 1. The molecule has 0 radical (unpaired) electrons. The molecule has 2 heterocycles. The number of furan rings is 1. The predicted octanol–water partition coefficient (Wildman–Crippen LogP) is 3.19. The Balaban J connectivity index is 2.12. The molecule has 0 fully saturated rings. The van der Waals surface area contributed by atoms with E-state index in [4.69, 9.17) is 9.15 Å². The first kappa shape index (κ1) is 17.5. The van der Waals surface area contributed by atoms with Crippen molar-refractivity contribution in [1.82, 2.24) is 4.57 Å². The zero-order valence-corrected chi connectivity index (χ0v) is 15.4. The Bertz CT molecular complexity index is 970. The Kier molecular flexibility index (Phi) is 5.40. The summed E-state index contributed by atoms with van der Waals surface area (Å²) in [6, 6.07) is 8.57. The van der Waals surface area contributed by atoms with Crippen molar-refractivity contribution in [3.63, 3.8) is 0 Å². The molecule has 0 N–H and O–H groups in total. The Morgan fingerprint density at radius 3 is 2.88 bits per heavy atom. The number of methoxy groups -OCH3 is 1. The van der Waals surface area contributed by atoms with Gasteiger partial charge in [-0.1, -0.05) is 11.3 Å². The molecule has 0 saturated carbocycles. The minimum absolute atomic E-state index is 0.198. The van der Waals surface area contributed by atoms with Crippen LogP contribution in [-0.2, 0) is 11.3 Å². The van der Waals surface area contributed by atoms with Crippen LogP contribution in [0.25, 0.3) is 10.2 Å². The zero-order valence-electron chi connectivity index (χ0n) is 13.7. The average Bonchev–Trinajstić information content (AvgIpc) is 3.26. The lowest BCUT2D eigenvalue weighted by Crippen LogP contribution is -2.18. The molecule has 3 rings (SSSR count). The van der Waals surface area contributed by atoms with Gasteiger partial charge in [0.25, 0.3) is 0 Å². The number of amides is 1. The summed E-state index contributed by atoms with van der Waals surface area (Å²) < 4.78 is 12.7. The lowest BCUT2D eigenvalue weighted by molar-refractivity contribution is 0.0601.